The molecular formula is C48H40N6Ru. The summed E-state index contributed by atoms with van der Waals surface area (Å²) >= 11 is 0. The summed E-state index contributed by atoms with van der Waals surface area (Å²) in [5.41, 5.74) is 12.5. The van der Waals surface area contributed by atoms with E-state index in [0.29, 0.717) is 0 Å². The van der Waals surface area contributed by atoms with Crippen molar-refractivity contribution < 1.29 is 19.5 Å². The van der Waals surface area contributed by atoms with Crippen LogP contribution in [0.15, 0.2) is 183 Å². The molecule has 0 saturated carbocycles. The largest absolute Gasteiger partial charge is 0.255 e. The summed E-state index contributed by atoms with van der Waals surface area (Å²) in [4.78, 5) is 25.8. The maximum atomic E-state index is 4.52. The second-order valence-corrected chi connectivity index (χ2v) is 12.3. The molecule has 6 aromatic heterocycles. The first-order valence-corrected chi connectivity index (χ1v) is 17.7. The van der Waals surface area contributed by atoms with Crippen LogP contribution in [0.1, 0.15) is 33.4 Å². The van der Waals surface area contributed by atoms with Gasteiger partial charge >= 0.3 is 0 Å². The zero-order valence-electron chi connectivity index (χ0n) is 30.7. The molecule has 270 valence electrons. The van der Waals surface area contributed by atoms with Crippen molar-refractivity contribution in [2.75, 3.05) is 0 Å². The Kier molecular flexibility index (Phi) is 15.3. The van der Waals surface area contributed by atoms with Crippen molar-refractivity contribution in [3.63, 3.8) is 0 Å². The van der Waals surface area contributed by atoms with Crippen molar-refractivity contribution in [1.29, 1.82) is 0 Å². The molecule has 8 aromatic rings. The Labute approximate surface area is 336 Å². The van der Waals surface area contributed by atoms with Crippen LogP contribution in [-0.4, -0.2) is 29.9 Å². The minimum Gasteiger partial charge on any atom is -0.255 e. The molecule has 0 bridgehead atoms. The van der Waals surface area contributed by atoms with E-state index in [4.69, 9.17) is 0 Å². The number of aromatic nitrogens is 6. The molecule has 0 atom stereocenters. The Bertz CT molecular complexity index is 2120. The molecule has 2 aromatic carbocycles. The van der Waals surface area contributed by atoms with Crippen molar-refractivity contribution in [2.24, 2.45) is 0 Å². The van der Waals surface area contributed by atoms with Crippen LogP contribution in [0.5, 0.6) is 0 Å². The Morgan fingerprint density at radius 1 is 0.291 bits per heavy atom. The minimum absolute atomic E-state index is 0. The van der Waals surface area contributed by atoms with Gasteiger partial charge in [0.15, 0.2) is 0 Å². The normalized spacial score (nSPS) is 10.4. The number of nitrogens with zero attached hydrogens (tertiary/aromatic N) is 6. The van der Waals surface area contributed by atoms with E-state index in [1.165, 1.54) is 22.3 Å². The molecule has 0 saturated heterocycles. The van der Waals surface area contributed by atoms with Crippen LogP contribution in [0.4, 0.5) is 0 Å². The molecular weight excluding hydrogens is 762 g/mol. The van der Waals surface area contributed by atoms with Crippen LogP contribution < -0.4 is 0 Å². The van der Waals surface area contributed by atoms with Gasteiger partial charge in [-0.15, -0.1) is 0 Å². The van der Waals surface area contributed by atoms with Gasteiger partial charge in [0, 0.05) is 56.7 Å². The second kappa shape index (κ2) is 21.2. The van der Waals surface area contributed by atoms with Gasteiger partial charge in [-0.05, 0) is 109 Å². The van der Waals surface area contributed by atoms with Crippen molar-refractivity contribution in [2.45, 2.75) is 13.8 Å². The first kappa shape index (κ1) is 39.6. The van der Waals surface area contributed by atoms with Gasteiger partial charge in [0.25, 0.3) is 0 Å². The van der Waals surface area contributed by atoms with E-state index < -0.39 is 0 Å². The van der Waals surface area contributed by atoms with Gasteiger partial charge in [0.1, 0.15) is 0 Å². The third-order valence-corrected chi connectivity index (χ3v) is 8.11. The first-order chi connectivity index (χ1) is 26.6. The molecule has 0 radical (unpaired) electrons. The Morgan fingerprint density at radius 2 is 0.582 bits per heavy atom. The average Bonchev–Trinajstić information content (AvgIpc) is 3.25. The van der Waals surface area contributed by atoms with E-state index in [-0.39, 0.29) is 19.5 Å². The molecule has 7 heteroatoms. The van der Waals surface area contributed by atoms with Gasteiger partial charge in [-0.3, -0.25) is 29.9 Å². The summed E-state index contributed by atoms with van der Waals surface area (Å²) in [6, 6.07) is 48.3. The Hall–Kier alpha value is -6.56. The van der Waals surface area contributed by atoms with E-state index in [2.05, 4.69) is 129 Å². The van der Waals surface area contributed by atoms with E-state index >= 15 is 0 Å². The van der Waals surface area contributed by atoms with E-state index in [9.17, 15) is 0 Å². The SMILES string of the molecule is Cc1ccc(/C=C/c2ccnc(-c3cc(/C=C/c4ccc(C)cc4)ccn3)c2)cc1.[Ru].c1ccc(-c2ccccn2)nc1.c1ccc(-c2ccccn2)nc1. The fourth-order valence-electron chi connectivity index (χ4n) is 5.18. The zero-order chi connectivity index (χ0) is 37.2. The van der Waals surface area contributed by atoms with Crippen LogP contribution in [0.3, 0.4) is 0 Å². The van der Waals surface area contributed by atoms with Crippen molar-refractivity contribution >= 4 is 24.3 Å². The fraction of sp³-hybridized carbons (Fsp3) is 0.0417. The van der Waals surface area contributed by atoms with Gasteiger partial charge in [-0.2, -0.15) is 0 Å². The summed E-state index contributed by atoms with van der Waals surface area (Å²) < 4.78 is 0. The van der Waals surface area contributed by atoms with Crippen LogP contribution in [0, 0.1) is 13.8 Å². The Balaban J connectivity index is 0.000000189. The summed E-state index contributed by atoms with van der Waals surface area (Å²) in [6.45, 7) is 4.19. The quantitative estimate of drug-likeness (QED) is 0.149. The predicted octanol–water partition coefficient (Wildman–Crippen LogP) is 11.4. The number of hydrogen-bond donors (Lipinski definition) is 0. The average molecular weight is 802 g/mol. The number of benzene rings is 2. The zero-order valence-corrected chi connectivity index (χ0v) is 32.4. The maximum absolute atomic E-state index is 4.52. The van der Waals surface area contributed by atoms with Crippen molar-refractivity contribution in [3.05, 3.63) is 216 Å². The molecule has 0 fully saturated rings. The fourth-order valence-corrected chi connectivity index (χ4v) is 5.18. The molecule has 0 amide bonds. The smallest absolute Gasteiger partial charge is 0.0892 e. The van der Waals surface area contributed by atoms with Gasteiger partial charge in [0.05, 0.1) is 34.2 Å². The molecule has 55 heavy (non-hydrogen) atoms. The molecule has 0 spiro atoms. The summed E-state index contributed by atoms with van der Waals surface area (Å²) in [5.74, 6) is 0. The molecule has 0 aliphatic carbocycles. The van der Waals surface area contributed by atoms with E-state index in [1.807, 2.05) is 97.3 Å². The van der Waals surface area contributed by atoms with Crippen molar-refractivity contribution in [1.82, 2.24) is 29.9 Å². The third-order valence-electron chi connectivity index (χ3n) is 8.11. The van der Waals surface area contributed by atoms with E-state index in [0.717, 1.165) is 45.3 Å². The van der Waals surface area contributed by atoms with Crippen LogP contribution in [0.25, 0.3) is 58.5 Å². The standard InChI is InChI=1S/C28H24N2.2C10H8N2.Ru/c1-21-3-7-23(8-4-21)11-13-25-15-17-29-27(19-25)28-20-26(16-18-30-28)14-12-24-9-5-22(2)6-10-24;2*1-3-7-11-9(5-1)10-6-2-4-8-12-10;/h3-20H,1-2H3;2*1-8H;/b13-11+,14-12+;;;. The van der Waals surface area contributed by atoms with Gasteiger partial charge in [-0.1, -0.05) is 108 Å². The van der Waals surface area contributed by atoms with Crippen molar-refractivity contribution in [3.8, 4) is 34.2 Å². The predicted molar refractivity (Wildman–Crippen MR) is 223 cm³/mol. The molecule has 6 nitrogen and oxygen atoms in total. The third kappa shape index (κ3) is 12.8. The maximum Gasteiger partial charge on any atom is 0.0892 e. The second-order valence-electron chi connectivity index (χ2n) is 12.3. The molecule has 8 rings (SSSR count). The minimum atomic E-state index is 0. The molecule has 0 aliphatic heterocycles. The molecule has 0 aliphatic rings. The van der Waals surface area contributed by atoms with Gasteiger partial charge in [0.2, 0.25) is 0 Å². The van der Waals surface area contributed by atoms with Gasteiger partial charge < -0.3 is 0 Å². The number of aryl methyl sites for hydroxylation is 2. The molecule has 0 unspecified atom stereocenters. The number of hydrogen-bond acceptors (Lipinski definition) is 6. The summed E-state index contributed by atoms with van der Waals surface area (Å²) in [6.07, 6.45) is 19.2. The summed E-state index contributed by atoms with van der Waals surface area (Å²) in [7, 11) is 0. The van der Waals surface area contributed by atoms with Crippen LogP contribution in [0.2, 0.25) is 0 Å². The topological polar surface area (TPSA) is 77.3 Å². The Morgan fingerprint density at radius 3 is 0.873 bits per heavy atom. The molecule has 0 N–H and O–H groups in total. The van der Waals surface area contributed by atoms with Crippen LogP contribution >= 0.6 is 0 Å². The monoisotopic (exact) mass is 802 g/mol. The summed E-state index contributed by atoms with van der Waals surface area (Å²) in [5, 5.41) is 0. The number of rotatable bonds is 7. The first-order valence-electron chi connectivity index (χ1n) is 17.7. The van der Waals surface area contributed by atoms with Gasteiger partial charge in [-0.25, -0.2) is 0 Å². The van der Waals surface area contributed by atoms with E-state index in [1.54, 1.807) is 24.8 Å². The number of pyridine rings is 6. The molecule has 6 heterocycles. The van der Waals surface area contributed by atoms with Crippen LogP contribution in [-0.2, 0) is 19.5 Å².